The monoisotopic (exact) mass is 215 g/mol. The fraction of sp³-hybridized carbons (Fsp3) is 0.909. The summed E-state index contributed by atoms with van der Waals surface area (Å²) in [6.45, 7) is 1.78. The fourth-order valence-electron chi connectivity index (χ4n) is 1.76. The lowest BCUT2D eigenvalue weighted by Crippen LogP contribution is -2.27. The Morgan fingerprint density at radius 3 is 1.60 bits per heavy atom. The number of hydrogen-bond acceptors (Lipinski definition) is 4. The van der Waals surface area contributed by atoms with Gasteiger partial charge in [-0.05, 0) is 25.7 Å². The highest BCUT2D eigenvalue weighted by molar-refractivity contribution is 5.79. The van der Waals surface area contributed by atoms with Gasteiger partial charge in [0.1, 0.15) is 5.78 Å². The first-order valence-electron chi connectivity index (χ1n) is 5.77. The molecule has 0 aromatic heterocycles. The fourth-order valence-corrected chi connectivity index (χ4v) is 1.76. The van der Waals surface area contributed by atoms with E-state index in [4.69, 9.17) is 10.2 Å². The Bertz CT molecular complexity index is 170. The number of ketones is 1. The predicted molar refractivity (Wildman–Crippen MR) is 57.6 cm³/mol. The summed E-state index contributed by atoms with van der Waals surface area (Å²) in [5.74, 6) is 0.402. The van der Waals surface area contributed by atoms with Crippen molar-refractivity contribution in [3.05, 3.63) is 0 Å². The van der Waals surface area contributed by atoms with Crippen LogP contribution in [-0.2, 0) is 4.79 Å². The van der Waals surface area contributed by atoms with Gasteiger partial charge >= 0.3 is 0 Å². The van der Waals surface area contributed by atoms with Crippen LogP contribution >= 0.6 is 0 Å². The maximum Gasteiger partial charge on any atom is 0.135 e. The van der Waals surface area contributed by atoms with Crippen molar-refractivity contribution in [1.82, 2.24) is 5.32 Å². The molecule has 15 heavy (non-hydrogen) atoms. The lowest BCUT2D eigenvalue weighted by molar-refractivity contribution is -0.119. The van der Waals surface area contributed by atoms with E-state index >= 15 is 0 Å². The first-order chi connectivity index (χ1) is 7.18. The van der Waals surface area contributed by atoms with Crippen LogP contribution in [-0.4, -0.2) is 41.3 Å². The Morgan fingerprint density at radius 2 is 1.33 bits per heavy atom. The van der Waals surface area contributed by atoms with Gasteiger partial charge < -0.3 is 15.5 Å². The molecule has 4 nitrogen and oxygen atoms in total. The van der Waals surface area contributed by atoms with Gasteiger partial charge in [-0.1, -0.05) is 0 Å². The van der Waals surface area contributed by atoms with Crippen molar-refractivity contribution in [2.24, 2.45) is 0 Å². The van der Waals surface area contributed by atoms with Crippen molar-refractivity contribution in [3.63, 3.8) is 0 Å². The van der Waals surface area contributed by atoms with Gasteiger partial charge in [0.15, 0.2) is 0 Å². The highest BCUT2D eigenvalue weighted by Crippen LogP contribution is 2.17. The molecule has 4 heteroatoms. The number of carbonyl (C=O) groups excluding carboxylic acids is 1. The van der Waals surface area contributed by atoms with Crippen LogP contribution in [0, 0.1) is 0 Å². The molecule has 1 aliphatic heterocycles. The summed E-state index contributed by atoms with van der Waals surface area (Å²) in [5, 5.41) is 20.9. The average Bonchev–Trinajstić information content (AvgIpc) is 2.25. The number of hydrogen-bond donors (Lipinski definition) is 3. The standard InChI is InChI=1S/C6H12O2.C5H9NO/c7-5-1-2-6(8)4-3-5;7-5-1-3-6-4-2-5/h5-8H,1-4H2;6H,1-4H2. The van der Waals surface area contributed by atoms with Gasteiger partial charge in [-0.2, -0.15) is 0 Å². The first kappa shape index (κ1) is 12.6. The van der Waals surface area contributed by atoms with Gasteiger partial charge in [0.2, 0.25) is 0 Å². The van der Waals surface area contributed by atoms with Gasteiger partial charge in [-0.15, -0.1) is 0 Å². The van der Waals surface area contributed by atoms with Crippen molar-refractivity contribution in [1.29, 1.82) is 0 Å². The van der Waals surface area contributed by atoms with Crippen LogP contribution in [0.25, 0.3) is 0 Å². The van der Waals surface area contributed by atoms with Crippen LogP contribution in [0.5, 0.6) is 0 Å². The normalized spacial score (nSPS) is 31.7. The molecule has 1 heterocycles. The molecular weight excluding hydrogens is 194 g/mol. The molecule has 0 atom stereocenters. The Hall–Kier alpha value is -0.450. The van der Waals surface area contributed by atoms with Crippen molar-refractivity contribution in [2.45, 2.75) is 50.7 Å². The molecule has 1 saturated heterocycles. The zero-order valence-electron chi connectivity index (χ0n) is 9.11. The Labute approximate surface area is 90.7 Å². The molecule has 0 radical (unpaired) electrons. The largest absolute Gasteiger partial charge is 0.393 e. The lowest BCUT2D eigenvalue weighted by Gasteiger charge is -2.20. The minimum absolute atomic E-state index is 0.140. The van der Waals surface area contributed by atoms with Crippen LogP contribution in [0.15, 0.2) is 0 Å². The Morgan fingerprint density at radius 1 is 0.933 bits per heavy atom. The van der Waals surface area contributed by atoms with Crippen LogP contribution in [0.1, 0.15) is 38.5 Å². The average molecular weight is 215 g/mol. The summed E-state index contributed by atoms with van der Waals surface area (Å²) >= 11 is 0. The molecule has 1 saturated carbocycles. The first-order valence-corrected chi connectivity index (χ1v) is 5.77. The highest BCUT2D eigenvalue weighted by atomic mass is 16.3. The van der Waals surface area contributed by atoms with E-state index in [2.05, 4.69) is 5.32 Å². The minimum Gasteiger partial charge on any atom is -0.393 e. The van der Waals surface area contributed by atoms with Crippen molar-refractivity contribution < 1.29 is 15.0 Å². The zero-order valence-corrected chi connectivity index (χ0v) is 9.11. The number of piperidine rings is 1. The predicted octanol–water partition coefficient (Wildman–Crippen LogP) is 0.221. The second-order valence-electron chi connectivity index (χ2n) is 4.25. The van der Waals surface area contributed by atoms with Gasteiger partial charge in [0.25, 0.3) is 0 Å². The SMILES string of the molecule is O=C1CCNCC1.OC1CCC(O)CC1. The summed E-state index contributed by atoms with van der Waals surface area (Å²) < 4.78 is 0. The molecule has 88 valence electrons. The van der Waals surface area contributed by atoms with Gasteiger partial charge in [0, 0.05) is 25.9 Å². The van der Waals surface area contributed by atoms with Crippen LogP contribution in [0.2, 0.25) is 0 Å². The zero-order chi connectivity index (χ0) is 11.1. The Kier molecular flexibility index (Phi) is 5.83. The number of aliphatic hydroxyl groups is 2. The van der Waals surface area contributed by atoms with Crippen LogP contribution in [0.4, 0.5) is 0 Å². The molecule has 0 aromatic rings. The third kappa shape index (κ3) is 5.87. The molecule has 0 amide bonds. The van der Waals surface area contributed by atoms with Gasteiger partial charge in [0.05, 0.1) is 12.2 Å². The second-order valence-corrected chi connectivity index (χ2v) is 4.25. The molecule has 0 bridgehead atoms. The molecule has 0 unspecified atom stereocenters. The van der Waals surface area contributed by atoms with E-state index < -0.39 is 0 Å². The smallest absolute Gasteiger partial charge is 0.135 e. The van der Waals surface area contributed by atoms with E-state index in [9.17, 15) is 4.79 Å². The van der Waals surface area contributed by atoms with E-state index in [1.165, 1.54) is 0 Å². The van der Waals surface area contributed by atoms with E-state index in [0.29, 0.717) is 5.78 Å². The molecule has 2 fully saturated rings. The topological polar surface area (TPSA) is 69.6 Å². The summed E-state index contributed by atoms with van der Waals surface area (Å²) in [7, 11) is 0. The Balaban J connectivity index is 0.000000151. The lowest BCUT2D eigenvalue weighted by atomic mass is 9.95. The minimum atomic E-state index is -0.140. The molecular formula is C11H21NO3. The van der Waals surface area contributed by atoms with E-state index in [0.717, 1.165) is 51.6 Å². The molecule has 0 spiro atoms. The van der Waals surface area contributed by atoms with Crippen molar-refractivity contribution >= 4 is 5.78 Å². The molecule has 2 rings (SSSR count). The second kappa shape index (κ2) is 6.93. The third-order valence-electron chi connectivity index (χ3n) is 2.83. The maximum absolute atomic E-state index is 10.4. The number of rotatable bonds is 0. The summed E-state index contributed by atoms with van der Waals surface area (Å²) in [5.41, 5.74) is 0. The number of carbonyl (C=O) groups is 1. The van der Waals surface area contributed by atoms with Crippen molar-refractivity contribution in [3.8, 4) is 0 Å². The van der Waals surface area contributed by atoms with Crippen LogP contribution < -0.4 is 5.32 Å². The number of nitrogens with one attached hydrogen (secondary N) is 1. The molecule has 1 aliphatic carbocycles. The van der Waals surface area contributed by atoms with Crippen LogP contribution in [0.3, 0.4) is 0 Å². The van der Waals surface area contributed by atoms with E-state index in [1.54, 1.807) is 0 Å². The molecule has 3 N–H and O–H groups in total. The quantitative estimate of drug-likeness (QED) is 0.540. The third-order valence-corrected chi connectivity index (χ3v) is 2.83. The van der Waals surface area contributed by atoms with Crippen molar-refractivity contribution in [2.75, 3.05) is 13.1 Å². The summed E-state index contributed by atoms with van der Waals surface area (Å²) in [6.07, 6.45) is 4.31. The van der Waals surface area contributed by atoms with E-state index in [1.807, 2.05) is 0 Å². The number of Topliss-reactive ketones (excluding diaryl/α,β-unsaturated/α-hetero) is 1. The molecule has 2 aliphatic rings. The maximum atomic E-state index is 10.4. The highest BCUT2D eigenvalue weighted by Gasteiger charge is 2.15. The summed E-state index contributed by atoms with van der Waals surface area (Å²) in [4.78, 5) is 10.4. The summed E-state index contributed by atoms with van der Waals surface area (Å²) in [6, 6.07) is 0. The van der Waals surface area contributed by atoms with E-state index in [-0.39, 0.29) is 12.2 Å². The number of aliphatic hydroxyl groups excluding tert-OH is 2. The molecule has 0 aromatic carbocycles. The van der Waals surface area contributed by atoms with Gasteiger partial charge in [-0.25, -0.2) is 0 Å². The van der Waals surface area contributed by atoms with Gasteiger partial charge in [-0.3, -0.25) is 4.79 Å².